The summed E-state index contributed by atoms with van der Waals surface area (Å²) in [5.41, 5.74) is 1.99. The predicted molar refractivity (Wildman–Crippen MR) is 131 cm³/mol. The molecule has 2 N–H and O–H groups in total. The number of hydrogen-bond donors (Lipinski definition) is 2. The maximum Gasteiger partial charge on any atom is 0.230 e. The number of carbonyl (C=O) groups is 1. The highest BCUT2D eigenvalue weighted by atomic mass is 127. The molecule has 1 aliphatic rings. The van der Waals surface area contributed by atoms with Crippen molar-refractivity contribution in [1.29, 1.82) is 0 Å². The third kappa shape index (κ3) is 6.20. The van der Waals surface area contributed by atoms with Crippen molar-refractivity contribution in [1.82, 2.24) is 25.3 Å². The minimum absolute atomic E-state index is 0. The van der Waals surface area contributed by atoms with E-state index in [4.69, 9.17) is 0 Å². The third-order valence-electron chi connectivity index (χ3n) is 5.57. The second-order valence-corrected chi connectivity index (χ2v) is 8.00. The van der Waals surface area contributed by atoms with E-state index in [1.54, 1.807) is 11.9 Å². The van der Waals surface area contributed by atoms with E-state index < -0.39 is 0 Å². The van der Waals surface area contributed by atoms with Crippen LogP contribution in [0, 0.1) is 5.41 Å². The van der Waals surface area contributed by atoms with Crippen LogP contribution in [0.1, 0.15) is 36.8 Å². The molecule has 2 aromatic rings. The second-order valence-electron chi connectivity index (χ2n) is 8.00. The molecule has 0 atom stereocenters. The first-order valence-corrected chi connectivity index (χ1v) is 10.2. The number of nitrogens with zero attached hydrogens (tertiary/aromatic N) is 4. The van der Waals surface area contributed by atoms with Crippen LogP contribution >= 0.6 is 24.0 Å². The Balaban J connectivity index is 0.00000320. The SMILES string of the molecule is CN=C(NCc1cnn(Cc2ccccc2)c1)NCC1(C(=O)N(C)C)CCCC1.I. The van der Waals surface area contributed by atoms with Crippen LogP contribution in [0.15, 0.2) is 47.7 Å². The molecule has 164 valence electrons. The van der Waals surface area contributed by atoms with Gasteiger partial charge in [-0.3, -0.25) is 14.5 Å². The van der Waals surface area contributed by atoms with Crippen molar-refractivity contribution in [3.8, 4) is 0 Å². The van der Waals surface area contributed by atoms with Crippen LogP contribution in [-0.2, 0) is 17.9 Å². The zero-order chi connectivity index (χ0) is 20.7. The molecular weight excluding hydrogens is 491 g/mol. The van der Waals surface area contributed by atoms with Gasteiger partial charge in [0.05, 0.1) is 18.2 Å². The molecule has 0 saturated heterocycles. The van der Waals surface area contributed by atoms with Gasteiger partial charge in [-0.15, -0.1) is 24.0 Å². The predicted octanol–water partition coefficient (Wildman–Crippen LogP) is 2.86. The average Bonchev–Trinajstić information content (AvgIpc) is 3.38. The zero-order valence-electron chi connectivity index (χ0n) is 18.1. The quantitative estimate of drug-likeness (QED) is 0.332. The number of guanidine groups is 1. The summed E-state index contributed by atoms with van der Waals surface area (Å²) in [6, 6.07) is 10.3. The first-order valence-electron chi connectivity index (χ1n) is 10.2. The lowest BCUT2D eigenvalue weighted by molar-refractivity contribution is -0.138. The number of benzene rings is 1. The zero-order valence-corrected chi connectivity index (χ0v) is 20.4. The molecule has 7 nitrogen and oxygen atoms in total. The summed E-state index contributed by atoms with van der Waals surface area (Å²) < 4.78 is 1.94. The van der Waals surface area contributed by atoms with Gasteiger partial charge in [0, 0.05) is 46.0 Å². The molecule has 0 spiro atoms. The van der Waals surface area contributed by atoms with Crippen molar-refractivity contribution in [3.05, 3.63) is 53.9 Å². The molecule has 0 radical (unpaired) electrons. The fourth-order valence-electron chi connectivity index (χ4n) is 4.01. The standard InChI is InChI=1S/C22H32N6O.HI/c1-23-21(25-17-22(11-7-8-12-22)20(29)27(2)3)24-13-19-14-26-28(16-19)15-18-9-5-4-6-10-18;/h4-6,9-10,14,16H,7-8,11-13,15,17H2,1-3H3,(H2,23,24,25);1H. The number of hydrogen-bond acceptors (Lipinski definition) is 3. The van der Waals surface area contributed by atoms with Crippen LogP contribution in [0.2, 0.25) is 0 Å². The van der Waals surface area contributed by atoms with Crippen molar-refractivity contribution in [2.75, 3.05) is 27.7 Å². The van der Waals surface area contributed by atoms with Gasteiger partial charge in [-0.1, -0.05) is 43.2 Å². The second kappa shape index (κ2) is 11.3. The van der Waals surface area contributed by atoms with E-state index in [9.17, 15) is 4.79 Å². The fourth-order valence-corrected chi connectivity index (χ4v) is 4.01. The first kappa shape index (κ1) is 24.2. The average molecular weight is 524 g/mol. The number of amides is 1. The van der Waals surface area contributed by atoms with Gasteiger partial charge in [-0.05, 0) is 18.4 Å². The largest absolute Gasteiger partial charge is 0.355 e. The van der Waals surface area contributed by atoms with Crippen molar-refractivity contribution < 1.29 is 4.79 Å². The van der Waals surface area contributed by atoms with Crippen LogP contribution < -0.4 is 10.6 Å². The minimum Gasteiger partial charge on any atom is -0.355 e. The molecule has 1 aromatic heterocycles. The molecule has 3 rings (SSSR count). The Hall–Kier alpha value is -2.10. The van der Waals surface area contributed by atoms with Gasteiger partial charge in [0.1, 0.15) is 0 Å². The molecule has 1 saturated carbocycles. The van der Waals surface area contributed by atoms with Gasteiger partial charge in [-0.25, -0.2) is 0 Å². The van der Waals surface area contributed by atoms with Crippen LogP contribution in [0.5, 0.6) is 0 Å². The number of halogens is 1. The lowest BCUT2D eigenvalue weighted by Crippen LogP contribution is -2.49. The summed E-state index contributed by atoms with van der Waals surface area (Å²) in [6.45, 7) is 1.99. The summed E-state index contributed by atoms with van der Waals surface area (Å²) in [4.78, 5) is 18.7. The van der Waals surface area contributed by atoms with E-state index in [1.165, 1.54) is 5.56 Å². The highest BCUT2D eigenvalue weighted by Gasteiger charge is 2.42. The molecule has 30 heavy (non-hydrogen) atoms. The van der Waals surface area contributed by atoms with Crippen LogP contribution in [0.3, 0.4) is 0 Å². The number of rotatable bonds is 7. The molecule has 0 bridgehead atoms. The summed E-state index contributed by atoms with van der Waals surface area (Å²) in [7, 11) is 5.42. The van der Waals surface area contributed by atoms with Crippen molar-refractivity contribution in [2.24, 2.45) is 10.4 Å². The Morgan fingerprint density at radius 1 is 1.17 bits per heavy atom. The Labute approximate surface area is 196 Å². The lowest BCUT2D eigenvalue weighted by Gasteiger charge is -2.31. The van der Waals surface area contributed by atoms with Gasteiger partial charge < -0.3 is 15.5 Å². The van der Waals surface area contributed by atoms with Crippen LogP contribution in [-0.4, -0.2) is 54.2 Å². The van der Waals surface area contributed by atoms with Gasteiger partial charge in [0.15, 0.2) is 5.96 Å². The van der Waals surface area contributed by atoms with E-state index in [0.717, 1.165) is 37.8 Å². The first-order chi connectivity index (χ1) is 14.0. The Kier molecular flexibility index (Phi) is 9.13. The number of nitrogens with one attached hydrogen (secondary N) is 2. The van der Waals surface area contributed by atoms with E-state index in [2.05, 4.69) is 32.9 Å². The Bertz CT molecular complexity index is 827. The molecule has 1 aliphatic carbocycles. The number of aromatic nitrogens is 2. The van der Waals surface area contributed by atoms with Gasteiger partial charge in [0.2, 0.25) is 5.91 Å². The normalized spacial score (nSPS) is 15.4. The molecule has 1 heterocycles. The van der Waals surface area contributed by atoms with E-state index in [0.29, 0.717) is 19.0 Å². The summed E-state index contributed by atoms with van der Waals surface area (Å²) in [5, 5.41) is 11.1. The Morgan fingerprint density at radius 3 is 2.50 bits per heavy atom. The van der Waals surface area contributed by atoms with Crippen molar-refractivity contribution in [2.45, 2.75) is 38.8 Å². The number of aliphatic imine (C=N–C) groups is 1. The van der Waals surface area contributed by atoms with Gasteiger partial charge >= 0.3 is 0 Å². The van der Waals surface area contributed by atoms with Crippen molar-refractivity contribution in [3.63, 3.8) is 0 Å². The lowest BCUT2D eigenvalue weighted by atomic mass is 9.84. The third-order valence-corrected chi connectivity index (χ3v) is 5.57. The molecule has 1 aromatic carbocycles. The monoisotopic (exact) mass is 524 g/mol. The van der Waals surface area contributed by atoms with Crippen molar-refractivity contribution >= 4 is 35.8 Å². The van der Waals surface area contributed by atoms with Gasteiger partial charge in [0.25, 0.3) is 0 Å². The van der Waals surface area contributed by atoms with E-state index in [-0.39, 0.29) is 35.3 Å². The summed E-state index contributed by atoms with van der Waals surface area (Å²) in [5.74, 6) is 0.916. The molecule has 1 fully saturated rings. The molecule has 1 amide bonds. The van der Waals surface area contributed by atoms with E-state index >= 15 is 0 Å². The summed E-state index contributed by atoms with van der Waals surface area (Å²) in [6.07, 6.45) is 7.99. The molecule has 0 unspecified atom stereocenters. The maximum absolute atomic E-state index is 12.7. The topological polar surface area (TPSA) is 74.5 Å². The van der Waals surface area contributed by atoms with E-state index in [1.807, 2.05) is 49.4 Å². The van der Waals surface area contributed by atoms with Crippen LogP contribution in [0.4, 0.5) is 0 Å². The molecule has 8 heteroatoms. The maximum atomic E-state index is 12.7. The Morgan fingerprint density at radius 2 is 1.87 bits per heavy atom. The van der Waals surface area contributed by atoms with Gasteiger partial charge in [-0.2, -0.15) is 5.10 Å². The summed E-state index contributed by atoms with van der Waals surface area (Å²) >= 11 is 0. The minimum atomic E-state index is -0.318. The smallest absolute Gasteiger partial charge is 0.230 e. The van der Waals surface area contributed by atoms with Crippen LogP contribution in [0.25, 0.3) is 0 Å². The highest BCUT2D eigenvalue weighted by molar-refractivity contribution is 14.0. The molecule has 0 aliphatic heterocycles. The number of carbonyl (C=O) groups excluding carboxylic acids is 1. The molecular formula is C22H33IN6O. The highest BCUT2D eigenvalue weighted by Crippen LogP contribution is 2.38. The fraction of sp³-hybridized carbons (Fsp3) is 0.500.